The Kier molecular flexibility index (Phi) is 3.97. The normalized spacial score (nSPS) is 13.1. The first kappa shape index (κ1) is 15.1. The molecule has 0 saturated heterocycles. The Balaban J connectivity index is 1.72. The van der Waals surface area contributed by atoms with E-state index in [4.69, 9.17) is 8.83 Å². The van der Waals surface area contributed by atoms with Gasteiger partial charge in [-0.25, -0.2) is 0 Å². The molecular weight excluding hydrogens is 320 g/mol. The summed E-state index contributed by atoms with van der Waals surface area (Å²) in [6.07, 6.45) is 3.59. The van der Waals surface area contributed by atoms with Crippen LogP contribution in [0, 0.1) is 0 Å². The molecule has 0 bridgehead atoms. The van der Waals surface area contributed by atoms with Gasteiger partial charge in [-0.15, -0.1) is 5.10 Å². The van der Waals surface area contributed by atoms with Gasteiger partial charge in [0.05, 0.1) is 18.7 Å². The van der Waals surface area contributed by atoms with Gasteiger partial charge in [-0.1, -0.05) is 24.3 Å². The molecule has 1 unspecified atom stereocenters. The molecule has 7 nitrogen and oxygen atoms in total. The number of furan rings is 2. The third-order valence-electron chi connectivity index (χ3n) is 3.70. The molecule has 1 atom stereocenters. The van der Waals surface area contributed by atoms with E-state index in [1.54, 1.807) is 30.5 Å². The average Bonchev–Trinajstić information content (AvgIpc) is 3.36. The van der Waals surface area contributed by atoms with E-state index < -0.39 is 6.10 Å². The fourth-order valence-corrected chi connectivity index (χ4v) is 2.48. The summed E-state index contributed by atoms with van der Waals surface area (Å²) in [5.74, 6) is 1.26. The number of aromatic nitrogens is 2. The molecule has 25 heavy (non-hydrogen) atoms. The van der Waals surface area contributed by atoms with Crippen molar-refractivity contribution in [2.75, 3.05) is 5.43 Å². The van der Waals surface area contributed by atoms with Crippen molar-refractivity contribution < 1.29 is 13.9 Å². The molecule has 0 amide bonds. The van der Waals surface area contributed by atoms with Crippen LogP contribution in [0.2, 0.25) is 0 Å². The smallest absolute Gasteiger partial charge is 0.176 e. The zero-order valence-corrected chi connectivity index (χ0v) is 13.0. The van der Waals surface area contributed by atoms with Crippen molar-refractivity contribution in [3.05, 3.63) is 78.8 Å². The van der Waals surface area contributed by atoms with E-state index in [0.717, 1.165) is 10.8 Å². The minimum absolute atomic E-state index is 0.273. The maximum atomic E-state index is 10.6. The quantitative estimate of drug-likeness (QED) is 0.429. The second-order valence-electron chi connectivity index (χ2n) is 5.28. The summed E-state index contributed by atoms with van der Waals surface area (Å²) < 4.78 is 10.7. The maximum Gasteiger partial charge on any atom is 0.176 e. The highest BCUT2D eigenvalue weighted by molar-refractivity contribution is 6.02. The number of nitrogens with zero attached hydrogens (tertiary/aromatic N) is 3. The van der Waals surface area contributed by atoms with Gasteiger partial charge in [-0.3, -0.25) is 5.43 Å². The van der Waals surface area contributed by atoms with E-state index >= 15 is 0 Å². The summed E-state index contributed by atoms with van der Waals surface area (Å²) in [5.41, 5.74) is 3.14. The molecule has 1 aromatic carbocycles. The zero-order valence-electron chi connectivity index (χ0n) is 13.0. The van der Waals surface area contributed by atoms with E-state index in [1.807, 2.05) is 24.3 Å². The molecule has 2 N–H and O–H groups in total. The lowest BCUT2D eigenvalue weighted by Gasteiger charge is -2.10. The van der Waals surface area contributed by atoms with Crippen LogP contribution in [-0.4, -0.2) is 21.0 Å². The van der Waals surface area contributed by atoms with E-state index in [9.17, 15) is 5.11 Å². The molecule has 4 rings (SSSR count). The van der Waals surface area contributed by atoms with Crippen molar-refractivity contribution in [1.82, 2.24) is 10.2 Å². The number of hydrogen-bond acceptors (Lipinski definition) is 7. The Morgan fingerprint density at radius 3 is 2.68 bits per heavy atom. The van der Waals surface area contributed by atoms with Gasteiger partial charge in [-0.05, 0) is 24.3 Å². The standard InChI is InChI=1S/C18H14N4O3/c23-17(15-8-4-10-25-15)16(14-7-3-9-24-14)20-22-18-13-6-2-1-5-12(13)11-19-21-18/h1-11,17,23H,(H,21,22). The number of hydrazone groups is 1. The molecule has 0 aliphatic rings. The van der Waals surface area contributed by atoms with Crippen LogP contribution < -0.4 is 5.43 Å². The number of fused-ring (bicyclic) bond motifs is 1. The highest BCUT2D eigenvalue weighted by atomic mass is 16.4. The van der Waals surface area contributed by atoms with E-state index in [2.05, 4.69) is 20.7 Å². The first-order valence-corrected chi connectivity index (χ1v) is 7.62. The lowest BCUT2D eigenvalue weighted by atomic mass is 10.1. The number of rotatable bonds is 5. The van der Waals surface area contributed by atoms with Gasteiger partial charge in [0.2, 0.25) is 0 Å². The molecule has 4 aromatic rings. The Morgan fingerprint density at radius 1 is 1.04 bits per heavy atom. The third-order valence-corrected chi connectivity index (χ3v) is 3.70. The Labute approximate surface area is 142 Å². The van der Waals surface area contributed by atoms with Gasteiger partial charge < -0.3 is 13.9 Å². The average molecular weight is 334 g/mol. The largest absolute Gasteiger partial charge is 0.466 e. The number of anilines is 1. The molecule has 0 aliphatic heterocycles. The Morgan fingerprint density at radius 2 is 1.88 bits per heavy atom. The fraction of sp³-hybridized carbons (Fsp3) is 0.0556. The van der Waals surface area contributed by atoms with Crippen molar-refractivity contribution in [3.63, 3.8) is 0 Å². The van der Waals surface area contributed by atoms with E-state index in [-0.39, 0.29) is 5.71 Å². The molecule has 0 fully saturated rings. The number of benzene rings is 1. The highest BCUT2D eigenvalue weighted by Gasteiger charge is 2.22. The summed E-state index contributed by atoms with van der Waals surface area (Å²) in [5, 5.41) is 24.7. The van der Waals surface area contributed by atoms with Crippen molar-refractivity contribution in [1.29, 1.82) is 0 Å². The van der Waals surface area contributed by atoms with Crippen molar-refractivity contribution in [3.8, 4) is 0 Å². The highest BCUT2D eigenvalue weighted by Crippen LogP contribution is 2.22. The molecule has 3 heterocycles. The van der Waals surface area contributed by atoms with Gasteiger partial charge in [-0.2, -0.15) is 10.2 Å². The van der Waals surface area contributed by atoms with Crippen LogP contribution in [0.4, 0.5) is 5.82 Å². The van der Waals surface area contributed by atoms with E-state index in [0.29, 0.717) is 17.3 Å². The van der Waals surface area contributed by atoms with Gasteiger partial charge in [0.15, 0.2) is 17.7 Å². The summed E-state index contributed by atoms with van der Waals surface area (Å²) in [6, 6.07) is 14.5. The zero-order chi connectivity index (χ0) is 17.1. The van der Waals surface area contributed by atoms with Crippen molar-refractivity contribution in [2.24, 2.45) is 5.10 Å². The third kappa shape index (κ3) is 3.00. The predicted octanol–water partition coefficient (Wildman–Crippen LogP) is 3.37. The molecule has 0 radical (unpaired) electrons. The Hall–Kier alpha value is -3.45. The van der Waals surface area contributed by atoms with Gasteiger partial charge in [0.25, 0.3) is 0 Å². The predicted molar refractivity (Wildman–Crippen MR) is 92.1 cm³/mol. The van der Waals surface area contributed by atoms with Crippen LogP contribution in [0.3, 0.4) is 0 Å². The van der Waals surface area contributed by atoms with Crippen LogP contribution in [0.15, 0.2) is 81.2 Å². The van der Waals surface area contributed by atoms with Crippen LogP contribution in [-0.2, 0) is 0 Å². The molecule has 0 aliphatic carbocycles. The topological polar surface area (TPSA) is 96.7 Å². The minimum atomic E-state index is -1.09. The second kappa shape index (κ2) is 6.58. The summed E-state index contributed by atoms with van der Waals surface area (Å²) in [6.45, 7) is 0. The van der Waals surface area contributed by atoms with Gasteiger partial charge in [0.1, 0.15) is 11.5 Å². The summed E-state index contributed by atoms with van der Waals surface area (Å²) in [7, 11) is 0. The van der Waals surface area contributed by atoms with Crippen LogP contribution >= 0.6 is 0 Å². The molecule has 3 aromatic heterocycles. The van der Waals surface area contributed by atoms with Gasteiger partial charge in [0, 0.05) is 10.8 Å². The minimum Gasteiger partial charge on any atom is -0.466 e. The van der Waals surface area contributed by atoms with Crippen LogP contribution in [0.25, 0.3) is 10.8 Å². The lowest BCUT2D eigenvalue weighted by molar-refractivity contribution is 0.213. The van der Waals surface area contributed by atoms with Crippen LogP contribution in [0.1, 0.15) is 17.6 Å². The molecular formula is C18H14N4O3. The molecule has 0 saturated carbocycles. The number of aliphatic hydroxyl groups excluding tert-OH is 1. The molecule has 7 heteroatoms. The summed E-state index contributed by atoms with van der Waals surface area (Å²) >= 11 is 0. The lowest BCUT2D eigenvalue weighted by Crippen LogP contribution is -2.15. The molecule has 124 valence electrons. The fourth-order valence-electron chi connectivity index (χ4n) is 2.48. The Bertz CT molecular complexity index is 989. The molecule has 0 spiro atoms. The first-order valence-electron chi connectivity index (χ1n) is 7.62. The first-order chi connectivity index (χ1) is 12.3. The maximum absolute atomic E-state index is 10.6. The van der Waals surface area contributed by atoms with Gasteiger partial charge >= 0.3 is 0 Å². The van der Waals surface area contributed by atoms with Crippen molar-refractivity contribution >= 4 is 22.3 Å². The van der Waals surface area contributed by atoms with Crippen molar-refractivity contribution in [2.45, 2.75) is 6.10 Å². The second-order valence-corrected chi connectivity index (χ2v) is 5.28. The van der Waals surface area contributed by atoms with E-state index in [1.165, 1.54) is 12.5 Å². The number of hydrogen-bond donors (Lipinski definition) is 2. The number of aliphatic hydroxyl groups is 1. The monoisotopic (exact) mass is 334 g/mol. The SMILES string of the molecule is OC(C(=NNc1nncc2ccccc12)c1ccco1)c1ccco1. The number of nitrogens with one attached hydrogen (secondary N) is 1. The summed E-state index contributed by atoms with van der Waals surface area (Å²) in [4.78, 5) is 0. The van der Waals surface area contributed by atoms with Crippen LogP contribution in [0.5, 0.6) is 0 Å².